The Morgan fingerprint density at radius 3 is 2.67 bits per heavy atom. The Balaban J connectivity index is 2.45. The minimum Gasteiger partial charge on any atom is -0.342 e. The molecule has 0 radical (unpaired) electrons. The standard InChI is InChI=1S/C9H18N2O/c1-7(2)11(3)9(12)8-5-4-6-10-8/h7-8,10H,4-6H2,1-3H3/t8-/m1/s1. The molecule has 0 aliphatic carbocycles. The number of nitrogens with one attached hydrogen (secondary N) is 1. The predicted molar refractivity (Wildman–Crippen MR) is 48.9 cm³/mol. The van der Waals surface area contributed by atoms with Gasteiger partial charge >= 0.3 is 0 Å². The Morgan fingerprint density at radius 1 is 1.58 bits per heavy atom. The molecule has 0 saturated carbocycles. The molecule has 1 atom stereocenters. The number of amides is 1. The van der Waals surface area contributed by atoms with Crippen LogP contribution in [0.3, 0.4) is 0 Å². The predicted octanol–water partition coefficient (Wildman–Crippen LogP) is 0.605. The van der Waals surface area contributed by atoms with Crippen molar-refractivity contribution in [2.24, 2.45) is 0 Å². The van der Waals surface area contributed by atoms with E-state index in [0.717, 1.165) is 19.4 Å². The average molecular weight is 170 g/mol. The summed E-state index contributed by atoms with van der Waals surface area (Å²) >= 11 is 0. The first-order chi connectivity index (χ1) is 5.63. The summed E-state index contributed by atoms with van der Waals surface area (Å²) in [4.78, 5) is 13.5. The molecule has 12 heavy (non-hydrogen) atoms. The average Bonchev–Trinajstić information content (AvgIpc) is 2.53. The van der Waals surface area contributed by atoms with Crippen LogP contribution in [0.15, 0.2) is 0 Å². The van der Waals surface area contributed by atoms with E-state index in [9.17, 15) is 4.79 Å². The van der Waals surface area contributed by atoms with Gasteiger partial charge in [0.1, 0.15) is 0 Å². The molecule has 0 unspecified atom stereocenters. The van der Waals surface area contributed by atoms with Crippen molar-refractivity contribution in [3.63, 3.8) is 0 Å². The Hall–Kier alpha value is -0.570. The molecule has 1 aliphatic rings. The Bertz CT molecular complexity index is 158. The van der Waals surface area contributed by atoms with Gasteiger partial charge in [-0.05, 0) is 33.2 Å². The summed E-state index contributed by atoms with van der Waals surface area (Å²) in [5, 5.41) is 3.20. The monoisotopic (exact) mass is 170 g/mol. The van der Waals surface area contributed by atoms with Gasteiger partial charge in [-0.1, -0.05) is 0 Å². The number of nitrogens with zero attached hydrogens (tertiary/aromatic N) is 1. The van der Waals surface area contributed by atoms with Gasteiger partial charge in [0.2, 0.25) is 5.91 Å². The summed E-state index contributed by atoms with van der Waals surface area (Å²) in [6, 6.07) is 0.386. The lowest BCUT2D eigenvalue weighted by atomic mass is 10.2. The van der Waals surface area contributed by atoms with Gasteiger partial charge in [0.15, 0.2) is 0 Å². The summed E-state index contributed by atoms with van der Waals surface area (Å²) in [5.41, 5.74) is 0. The lowest BCUT2D eigenvalue weighted by molar-refractivity contribution is -0.133. The fourth-order valence-corrected chi connectivity index (χ4v) is 1.40. The molecule has 0 aromatic carbocycles. The van der Waals surface area contributed by atoms with Crippen molar-refractivity contribution in [3.05, 3.63) is 0 Å². The van der Waals surface area contributed by atoms with Crippen molar-refractivity contribution < 1.29 is 4.79 Å². The van der Waals surface area contributed by atoms with Crippen LogP contribution in [0.25, 0.3) is 0 Å². The van der Waals surface area contributed by atoms with Crippen molar-refractivity contribution in [2.45, 2.75) is 38.8 Å². The first kappa shape index (κ1) is 9.52. The summed E-state index contributed by atoms with van der Waals surface area (Å²) in [7, 11) is 1.87. The number of carbonyl (C=O) groups is 1. The summed E-state index contributed by atoms with van der Waals surface area (Å²) in [6.45, 7) is 5.06. The molecule has 1 N–H and O–H groups in total. The van der Waals surface area contributed by atoms with Crippen molar-refractivity contribution in [1.29, 1.82) is 0 Å². The van der Waals surface area contributed by atoms with Gasteiger partial charge in [-0.15, -0.1) is 0 Å². The fraction of sp³-hybridized carbons (Fsp3) is 0.889. The second-order valence-corrected chi connectivity index (χ2v) is 3.69. The maximum absolute atomic E-state index is 11.7. The van der Waals surface area contributed by atoms with E-state index in [-0.39, 0.29) is 11.9 Å². The van der Waals surface area contributed by atoms with E-state index in [4.69, 9.17) is 0 Å². The first-order valence-corrected chi connectivity index (χ1v) is 4.63. The summed E-state index contributed by atoms with van der Waals surface area (Å²) in [6.07, 6.45) is 2.12. The van der Waals surface area contributed by atoms with Crippen LogP contribution in [0.4, 0.5) is 0 Å². The molecule has 1 saturated heterocycles. The maximum atomic E-state index is 11.7. The van der Waals surface area contributed by atoms with E-state index in [0.29, 0.717) is 6.04 Å². The third-order valence-electron chi connectivity index (χ3n) is 2.48. The van der Waals surface area contributed by atoms with E-state index in [1.807, 2.05) is 25.8 Å². The van der Waals surface area contributed by atoms with Gasteiger partial charge in [-0.3, -0.25) is 4.79 Å². The van der Waals surface area contributed by atoms with Crippen LogP contribution in [0.1, 0.15) is 26.7 Å². The molecule has 3 nitrogen and oxygen atoms in total. The van der Waals surface area contributed by atoms with Crippen LogP contribution in [-0.2, 0) is 4.79 Å². The van der Waals surface area contributed by atoms with Gasteiger partial charge in [-0.2, -0.15) is 0 Å². The molecule has 1 fully saturated rings. The van der Waals surface area contributed by atoms with Crippen LogP contribution < -0.4 is 5.32 Å². The third-order valence-corrected chi connectivity index (χ3v) is 2.48. The summed E-state index contributed by atoms with van der Waals surface area (Å²) in [5.74, 6) is 0.238. The van der Waals surface area contributed by atoms with E-state index >= 15 is 0 Å². The lowest BCUT2D eigenvalue weighted by Gasteiger charge is -2.24. The van der Waals surface area contributed by atoms with Crippen LogP contribution in [0.5, 0.6) is 0 Å². The largest absolute Gasteiger partial charge is 0.342 e. The topological polar surface area (TPSA) is 32.3 Å². The number of likely N-dealkylation sites (N-methyl/N-ethyl adjacent to an activating group) is 1. The van der Waals surface area contributed by atoms with Crippen molar-refractivity contribution in [1.82, 2.24) is 10.2 Å². The highest BCUT2D eigenvalue weighted by Gasteiger charge is 2.25. The molecule has 1 rings (SSSR count). The molecule has 0 aromatic rings. The highest BCUT2D eigenvalue weighted by atomic mass is 16.2. The molecular formula is C9H18N2O. The molecule has 0 spiro atoms. The van der Waals surface area contributed by atoms with Gasteiger partial charge < -0.3 is 10.2 Å². The third kappa shape index (κ3) is 1.97. The molecule has 3 heteroatoms. The molecular weight excluding hydrogens is 152 g/mol. The van der Waals surface area contributed by atoms with Crippen LogP contribution >= 0.6 is 0 Å². The van der Waals surface area contributed by atoms with Gasteiger partial charge in [-0.25, -0.2) is 0 Å². The molecule has 1 heterocycles. The zero-order valence-corrected chi connectivity index (χ0v) is 8.13. The number of carbonyl (C=O) groups excluding carboxylic acids is 1. The quantitative estimate of drug-likeness (QED) is 0.658. The van der Waals surface area contributed by atoms with Crippen LogP contribution in [0, 0.1) is 0 Å². The minimum atomic E-state index is 0.0809. The Labute approximate surface area is 74.1 Å². The SMILES string of the molecule is CC(C)N(C)C(=O)[C@H]1CCCN1. The Kier molecular flexibility index (Phi) is 3.09. The highest BCUT2D eigenvalue weighted by molar-refractivity contribution is 5.82. The highest BCUT2D eigenvalue weighted by Crippen LogP contribution is 2.08. The number of rotatable bonds is 2. The zero-order valence-electron chi connectivity index (χ0n) is 8.13. The van der Waals surface area contributed by atoms with Gasteiger partial charge in [0, 0.05) is 13.1 Å². The Morgan fingerprint density at radius 2 is 2.25 bits per heavy atom. The molecule has 1 amide bonds. The van der Waals surface area contributed by atoms with Crippen molar-refractivity contribution in [3.8, 4) is 0 Å². The van der Waals surface area contributed by atoms with Crippen molar-refractivity contribution in [2.75, 3.05) is 13.6 Å². The zero-order chi connectivity index (χ0) is 9.14. The van der Waals surface area contributed by atoms with Crippen LogP contribution in [0.2, 0.25) is 0 Å². The normalized spacial score (nSPS) is 23.2. The molecule has 0 aromatic heterocycles. The number of hydrogen-bond donors (Lipinski definition) is 1. The van der Waals surface area contributed by atoms with E-state index < -0.39 is 0 Å². The lowest BCUT2D eigenvalue weighted by Crippen LogP contribution is -2.44. The number of hydrogen-bond acceptors (Lipinski definition) is 2. The summed E-state index contributed by atoms with van der Waals surface area (Å²) < 4.78 is 0. The van der Waals surface area contributed by atoms with E-state index in [1.54, 1.807) is 0 Å². The van der Waals surface area contributed by atoms with Gasteiger partial charge in [0.25, 0.3) is 0 Å². The van der Waals surface area contributed by atoms with Crippen molar-refractivity contribution >= 4 is 5.91 Å². The molecule has 70 valence electrons. The van der Waals surface area contributed by atoms with E-state index in [1.165, 1.54) is 0 Å². The van der Waals surface area contributed by atoms with Crippen LogP contribution in [-0.4, -0.2) is 36.5 Å². The fourth-order valence-electron chi connectivity index (χ4n) is 1.40. The smallest absolute Gasteiger partial charge is 0.239 e. The minimum absolute atomic E-state index is 0.0809. The second-order valence-electron chi connectivity index (χ2n) is 3.69. The molecule has 0 bridgehead atoms. The molecule has 1 aliphatic heterocycles. The maximum Gasteiger partial charge on any atom is 0.239 e. The second kappa shape index (κ2) is 3.90. The van der Waals surface area contributed by atoms with Gasteiger partial charge in [0.05, 0.1) is 6.04 Å². The van der Waals surface area contributed by atoms with E-state index in [2.05, 4.69) is 5.32 Å². The first-order valence-electron chi connectivity index (χ1n) is 4.63.